The molecule has 0 saturated heterocycles. The van der Waals surface area contributed by atoms with Gasteiger partial charge in [0.05, 0.1) is 5.75 Å². The van der Waals surface area contributed by atoms with E-state index < -0.39 is 0 Å². The molecule has 1 saturated carbocycles. The molecule has 4 rings (SSSR count). The van der Waals surface area contributed by atoms with Gasteiger partial charge in [0.15, 0.2) is 0 Å². The van der Waals surface area contributed by atoms with Crippen LogP contribution in [0, 0.1) is 0 Å². The van der Waals surface area contributed by atoms with E-state index in [4.69, 9.17) is 4.42 Å². The molecule has 1 heterocycles. The van der Waals surface area contributed by atoms with E-state index in [0.29, 0.717) is 30.0 Å². The molecule has 162 valence electrons. The minimum Gasteiger partial charge on any atom is -0.416 e. The summed E-state index contributed by atoms with van der Waals surface area (Å²) in [4.78, 5) is 15.0. The lowest BCUT2D eigenvalue weighted by atomic mass is 9.89. The fourth-order valence-corrected chi connectivity index (χ4v) is 4.68. The number of amides is 1. The van der Waals surface area contributed by atoms with Crippen molar-refractivity contribution in [1.82, 2.24) is 15.1 Å². The van der Waals surface area contributed by atoms with E-state index in [-0.39, 0.29) is 5.91 Å². The fraction of sp³-hybridized carbons (Fsp3) is 0.400. The first kappa shape index (κ1) is 21.6. The van der Waals surface area contributed by atoms with Gasteiger partial charge in [-0.05, 0) is 30.4 Å². The minimum atomic E-state index is 0.0854. The highest BCUT2D eigenvalue weighted by Crippen LogP contribution is 2.33. The first-order valence-corrected chi connectivity index (χ1v) is 12.1. The highest BCUT2D eigenvalue weighted by Gasteiger charge is 2.22. The molecule has 1 aromatic heterocycles. The summed E-state index contributed by atoms with van der Waals surface area (Å²) in [6.07, 6.45) is 6.82. The lowest BCUT2D eigenvalue weighted by Gasteiger charge is -2.22. The number of thioether (sulfide) groups is 1. The second-order valence-electron chi connectivity index (χ2n) is 8.07. The number of hydrogen-bond donors (Lipinski definition) is 0. The summed E-state index contributed by atoms with van der Waals surface area (Å²) in [6.45, 7) is 1.28. The number of carbonyl (C=O) groups excluding carboxylic acids is 1. The third-order valence-electron chi connectivity index (χ3n) is 5.78. The number of carbonyl (C=O) groups is 1. The first-order valence-electron chi connectivity index (χ1n) is 11.1. The van der Waals surface area contributed by atoms with Crippen molar-refractivity contribution < 1.29 is 9.21 Å². The molecule has 1 aliphatic carbocycles. The second kappa shape index (κ2) is 11.1. The Morgan fingerprint density at radius 2 is 1.61 bits per heavy atom. The summed E-state index contributed by atoms with van der Waals surface area (Å²) in [5, 5.41) is 8.92. The van der Waals surface area contributed by atoms with Crippen LogP contribution in [-0.4, -0.2) is 33.3 Å². The molecule has 1 aliphatic rings. The van der Waals surface area contributed by atoms with Crippen molar-refractivity contribution in [3.8, 4) is 0 Å². The van der Waals surface area contributed by atoms with Gasteiger partial charge in [-0.3, -0.25) is 4.79 Å². The van der Waals surface area contributed by atoms with Crippen LogP contribution in [0.15, 0.2) is 70.3 Å². The predicted octanol–water partition coefficient (Wildman–Crippen LogP) is 5.48. The Balaban J connectivity index is 1.36. The zero-order valence-electron chi connectivity index (χ0n) is 17.8. The van der Waals surface area contributed by atoms with Crippen molar-refractivity contribution in [3.05, 3.63) is 77.7 Å². The monoisotopic (exact) mass is 435 g/mol. The van der Waals surface area contributed by atoms with E-state index in [1.54, 1.807) is 0 Å². The fourth-order valence-electron chi connectivity index (χ4n) is 4.01. The summed E-state index contributed by atoms with van der Waals surface area (Å²) in [7, 11) is 0. The third kappa shape index (κ3) is 6.44. The molecular weight excluding hydrogens is 406 g/mol. The molecule has 0 N–H and O–H groups in total. The summed E-state index contributed by atoms with van der Waals surface area (Å²) >= 11 is 1.34. The lowest BCUT2D eigenvalue weighted by molar-refractivity contribution is -0.128. The van der Waals surface area contributed by atoms with Crippen LogP contribution >= 0.6 is 11.8 Å². The molecule has 0 radical (unpaired) electrons. The van der Waals surface area contributed by atoms with Crippen molar-refractivity contribution in [2.24, 2.45) is 0 Å². The maximum absolute atomic E-state index is 13.1. The quantitative estimate of drug-likeness (QED) is 0.417. The van der Waals surface area contributed by atoms with Crippen LogP contribution in [0.3, 0.4) is 0 Å². The number of hydrogen-bond acceptors (Lipinski definition) is 5. The Hall–Kier alpha value is -2.60. The van der Waals surface area contributed by atoms with Gasteiger partial charge in [-0.25, -0.2) is 0 Å². The minimum absolute atomic E-state index is 0.0854. The van der Waals surface area contributed by atoms with Crippen molar-refractivity contribution in [1.29, 1.82) is 0 Å². The normalized spacial score (nSPS) is 14.5. The van der Waals surface area contributed by atoms with E-state index in [2.05, 4.69) is 34.5 Å². The van der Waals surface area contributed by atoms with Crippen LogP contribution in [0.2, 0.25) is 0 Å². The van der Waals surface area contributed by atoms with Crippen molar-refractivity contribution in [2.75, 3.05) is 12.3 Å². The Morgan fingerprint density at radius 1 is 0.935 bits per heavy atom. The van der Waals surface area contributed by atoms with Crippen molar-refractivity contribution in [2.45, 2.75) is 56.2 Å². The standard InChI is InChI=1S/C25H29N3O2S/c29-23(19-31-25-27-26-24(30-25)22-14-8-3-9-15-22)28(18-21-12-6-2-7-13-21)17-16-20-10-4-1-5-11-20/h1-2,4-7,10-13,22H,3,8-9,14-19H2. The zero-order chi connectivity index (χ0) is 21.3. The van der Waals surface area contributed by atoms with Gasteiger partial charge in [0.25, 0.3) is 5.22 Å². The Labute approximate surface area is 188 Å². The molecule has 6 heteroatoms. The molecule has 0 spiro atoms. The molecule has 31 heavy (non-hydrogen) atoms. The number of benzene rings is 2. The molecule has 0 unspecified atom stereocenters. The highest BCUT2D eigenvalue weighted by atomic mass is 32.2. The summed E-state index contributed by atoms with van der Waals surface area (Å²) in [5.41, 5.74) is 2.36. The first-order chi connectivity index (χ1) is 15.3. The lowest BCUT2D eigenvalue weighted by Crippen LogP contribution is -2.33. The summed E-state index contributed by atoms with van der Waals surface area (Å²) in [5.74, 6) is 1.50. The zero-order valence-corrected chi connectivity index (χ0v) is 18.6. The van der Waals surface area contributed by atoms with Gasteiger partial charge in [-0.1, -0.05) is 91.7 Å². The Morgan fingerprint density at radius 3 is 2.32 bits per heavy atom. The van der Waals surface area contributed by atoms with Gasteiger partial charge in [-0.15, -0.1) is 10.2 Å². The number of aromatic nitrogens is 2. The molecule has 1 amide bonds. The molecule has 0 bridgehead atoms. The molecule has 0 aliphatic heterocycles. The highest BCUT2D eigenvalue weighted by molar-refractivity contribution is 7.99. The predicted molar refractivity (Wildman–Crippen MR) is 123 cm³/mol. The van der Waals surface area contributed by atoms with Gasteiger partial charge in [0.1, 0.15) is 0 Å². The van der Waals surface area contributed by atoms with Gasteiger partial charge >= 0.3 is 0 Å². The van der Waals surface area contributed by atoms with Crippen LogP contribution in [0.4, 0.5) is 0 Å². The van der Waals surface area contributed by atoms with E-state index in [0.717, 1.165) is 30.7 Å². The van der Waals surface area contributed by atoms with Gasteiger partial charge < -0.3 is 9.32 Å². The SMILES string of the molecule is O=C(CSc1nnc(C2CCCCC2)o1)N(CCc1ccccc1)Cc1ccccc1. The van der Waals surface area contributed by atoms with Crippen LogP contribution in [0.5, 0.6) is 0 Å². The van der Waals surface area contributed by atoms with Crippen molar-refractivity contribution >= 4 is 17.7 Å². The summed E-state index contributed by atoms with van der Waals surface area (Å²) in [6, 6.07) is 20.4. The van der Waals surface area contributed by atoms with Gasteiger partial charge in [-0.2, -0.15) is 0 Å². The average molecular weight is 436 g/mol. The molecule has 3 aromatic rings. The van der Waals surface area contributed by atoms with E-state index >= 15 is 0 Å². The van der Waals surface area contributed by atoms with Crippen LogP contribution in [0.1, 0.15) is 55.0 Å². The molecule has 2 aromatic carbocycles. The maximum Gasteiger partial charge on any atom is 0.277 e. The molecule has 0 atom stereocenters. The average Bonchev–Trinajstić information content (AvgIpc) is 3.31. The molecule has 1 fully saturated rings. The Kier molecular flexibility index (Phi) is 7.77. The second-order valence-corrected chi connectivity index (χ2v) is 8.99. The van der Waals surface area contributed by atoms with Crippen molar-refractivity contribution in [3.63, 3.8) is 0 Å². The third-order valence-corrected chi connectivity index (χ3v) is 6.58. The van der Waals surface area contributed by atoms with Crippen LogP contribution in [-0.2, 0) is 17.8 Å². The molecule has 5 nitrogen and oxygen atoms in total. The number of rotatable bonds is 9. The van der Waals surface area contributed by atoms with Crippen LogP contribution in [0.25, 0.3) is 0 Å². The largest absolute Gasteiger partial charge is 0.416 e. The maximum atomic E-state index is 13.1. The summed E-state index contributed by atoms with van der Waals surface area (Å²) < 4.78 is 5.87. The Bertz CT molecular complexity index is 940. The number of nitrogens with zero attached hydrogens (tertiary/aromatic N) is 3. The topological polar surface area (TPSA) is 59.2 Å². The van der Waals surface area contributed by atoms with E-state index in [1.807, 2.05) is 41.3 Å². The van der Waals surface area contributed by atoms with Crippen LogP contribution < -0.4 is 0 Å². The van der Waals surface area contributed by atoms with E-state index in [9.17, 15) is 4.79 Å². The van der Waals surface area contributed by atoms with E-state index in [1.165, 1.54) is 36.6 Å². The molecular formula is C25H29N3O2S. The van der Waals surface area contributed by atoms with Gasteiger partial charge in [0.2, 0.25) is 11.8 Å². The smallest absolute Gasteiger partial charge is 0.277 e. The van der Waals surface area contributed by atoms with Gasteiger partial charge in [0, 0.05) is 19.0 Å².